The summed E-state index contributed by atoms with van der Waals surface area (Å²) in [5, 5.41) is 4.38. The fraction of sp³-hybridized carbons (Fsp3) is 0.455. The molecule has 2 aliphatic heterocycles. The van der Waals surface area contributed by atoms with E-state index in [1.165, 1.54) is 21.9 Å². The summed E-state index contributed by atoms with van der Waals surface area (Å²) in [6.45, 7) is 5.11. The number of likely N-dealkylation sites (tertiary alicyclic amines) is 1. The zero-order valence-electron chi connectivity index (χ0n) is 17.7. The number of anilines is 2. The maximum absolute atomic E-state index is 13.0. The van der Waals surface area contributed by atoms with Crippen molar-refractivity contribution in [2.45, 2.75) is 39.2 Å². The lowest BCUT2D eigenvalue weighted by Crippen LogP contribution is -2.33. The molecular formula is C22H26N6O3. The summed E-state index contributed by atoms with van der Waals surface area (Å²) in [6.07, 6.45) is 7.83. The Morgan fingerprint density at radius 1 is 1.13 bits per heavy atom. The first kappa shape index (κ1) is 19.6. The van der Waals surface area contributed by atoms with E-state index in [4.69, 9.17) is 4.74 Å². The second-order valence-corrected chi connectivity index (χ2v) is 7.96. The molecule has 0 aromatic carbocycles. The van der Waals surface area contributed by atoms with Gasteiger partial charge in [-0.2, -0.15) is 0 Å². The van der Waals surface area contributed by atoms with E-state index in [-0.39, 0.29) is 11.6 Å². The van der Waals surface area contributed by atoms with Gasteiger partial charge in [-0.15, -0.1) is 5.10 Å². The normalized spacial score (nSPS) is 16.7. The van der Waals surface area contributed by atoms with Crippen LogP contribution in [0, 0.1) is 0 Å². The molecule has 0 bridgehead atoms. The van der Waals surface area contributed by atoms with Gasteiger partial charge in [-0.05, 0) is 31.9 Å². The van der Waals surface area contributed by atoms with Crippen LogP contribution in [0.25, 0.3) is 5.65 Å². The molecule has 9 nitrogen and oxygen atoms in total. The molecule has 5 heterocycles. The number of nitrogens with zero attached hydrogens (tertiary/aromatic N) is 6. The number of hydrogen-bond acceptors (Lipinski definition) is 6. The molecule has 1 fully saturated rings. The Morgan fingerprint density at radius 2 is 1.94 bits per heavy atom. The Kier molecular flexibility index (Phi) is 5.09. The van der Waals surface area contributed by atoms with Gasteiger partial charge >= 0.3 is 5.69 Å². The lowest BCUT2D eigenvalue weighted by molar-refractivity contribution is 0.0760. The molecule has 9 heteroatoms. The van der Waals surface area contributed by atoms with Gasteiger partial charge in [-0.1, -0.05) is 12.8 Å². The van der Waals surface area contributed by atoms with Crippen molar-refractivity contribution in [1.82, 2.24) is 24.1 Å². The number of ether oxygens (including phenoxy) is 1. The van der Waals surface area contributed by atoms with E-state index < -0.39 is 0 Å². The van der Waals surface area contributed by atoms with Crippen LogP contribution in [-0.2, 0) is 6.54 Å². The third kappa shape index (κ3) is 3.54. The van der Waals surface area contributed by atoms with E-state index in [0.717, 1.165) is 31.6 Å². The van der Waals surface area contributed by atoms with Gasteiger partial charge in [-0.3, -0.25) is 9.20 Å². The Hall–Kier alpha value is -3.36. The molecule has 0 unspecified atom stereocenters. The first-order valence-electron chi connectivity index (χ1n) is 10.9. The lowest BCUT2D eigenvalue weighted by atomic mass is 10.2. The molecule has 0 N–H and O–H groups in total. The molecule has 0 atom stereocenters. The topological polar surface area (TPSA) is 85.0 Å². The number of pyridine rings is 2. The predicted molar refractivity (Wildman–Crippen MR) is 116 cm³/mol. The molecule has 0 spiro atoms. The van der Waals surface area contributed by atoms with Crippen molar-refractivity contribution in [1.29, 1.82) is 0 Å². The highest BCUT2D eigenvalue weighted by Gasteiger charge is 2.25. The van der Waals surface area contributed by atoms with Gasteiger partial charge in [0.15, 0.2) is 17.2 Å². The highest BCUT2D eigenvalue weighted by Crippen LogP contribution is 2.35. The number of aryl methyl sites for hydroxylation is 1. The van der Waals surface area contributed by atoms with Crippen LogP contribution in [0.4, 0.5) is 11.5 Å². The second kappa shape index (κ2) is 8.05. The number of carbonyl (C=O) groups is 1. The van der Waals surface area contributed by atoms with Crippen LogP contribution < -0.4 is 15.3 Å². The fourth-order valence-corrected chi connectivity index (χ4v) is 4.30. The van der Waals surface area contributed by atoms with Crippen molar-refractivity contribution < 1.29 is 9.53 Å². The molecule has 31 heavy (non-hydrogen) atoms. The number of hydrogen-bond donors (Lipinski definition) is 0. The van der Waals surface area contributed by atoms with Gasteiger partial charge in [0.2, 0.25) is 0 Å². The zero-order chi connectivity index (χ0) is 21.4. The highest BCUT2D eigenvalue weighted by atomic mass is 16.5. The summed E-state index contributed by atoms with van der Waals surface area (Å²) in [5.41, 5.74) is 1.88. The number of rotatable bonds is 3. The largest absolute Gasteiger partial charge is 0.488 e. The lowest BCUT2D eigenvalue weighted by Gasteiger charge is -2.30. The minimum Gasteiger partial charge on any atom is -0.488 e. The van der Waals surface area contributed by atoms with Gasteiger partial charge in [0.05, 0.1) is 12.1 Å². The van der Waals surface area contributed by atoms with Crippen LogP contribution in [0.5, 0.6) is 5.75 Å². The van der Waals surface area contributed by atoms with Crippen LogP contribution in [0.2, 0.25) is 0 Å². The first-order chi connectivity index (χ1) is 15.2. The Labute approximate surface area is 179 Å². The number of aromatic nitrogens is 4. The minimum absolute atomic E-state index is 0.0174. The average molecular weight is 422 g/mol. The molecule has 162 valence electrons. The van der Waals surface area contributed by atoms with Gasteiger partial charge < -0.3 is 14.5 Å². The molecule has 0 saturated carbocycles. The third-order valence-corrected chi connectivity index (χ3v) is 5.98. The van der Waals surface area contributed by atoms with Gasteiger partial charge in [0.1, 0.15) is 6.61 Å². The van der Waals surface area contributed by atoms with E-state index in [9.17, 15) is 9.59 Å². The van der Waals surface area contributed by atoms with E-state index in [2.05, 4.69) is 10.1 Å². The Balaban J connectivity index is 1.46. The second-order valence-electron chi connectivity index (χ2n) is 7.96. The van der Waals surface area contributed by atoms with Gasteiger partial charge in [0.25, 0.3) is 5.91 Å². The standard InChI is InChI=1S/C22H26N6O3/c1-2-28-22(30)27-10-7-17(14-19(27)24-28)26-11-12-31-18-13-16(15-23-20(18)26)21(29)25-8-5-3-4-6-9-25/h7,10,13-15H,2-6,8-9,11-12H2,1H3. The van der Waals surface area contributed by atoms with Crippen LogP contribution in [0.3, 0.4) is 0 Å². The zero-order valence-corrected chi connectivity index (χ0v) is 17.7. The monoisotopic (exact) mass is 422 g/mol. The molecule has 3 aromatic rings. The smallest absolute Gasteiger partial charge is 0.350 e. The molecule has 5 rings (SSSR count). The Bertz CT molecular complexity index is 1180. The SMILES string of the molecule is CCn1nc2cc(N3CCOc4cc(C(=O)N5CCCCCC5)cnc43)ccn2c1=O. The van der Waals surface area contributed by atoms with Crippen molar-refractivity contribution in [3.05, 3.63) is 46.6 Å². The molecule has 3 aromatic heterocycles. The van der Waals surface area contributed by atoms with Crippen LogP contribution >= 0.6 is 0 Å². The molecule has 0 aliphatic carbocycles. The first-order valence-corrected chi connectivity index (χ1v) is 10.9. The molecule has 0 radical (unpaired) electrons. The summed E-state index contributed by atoms with van der Waals surface area (Å²) in [5.74, 6) is 1.28. The summed E-state index contributed by atoms with van der Waals surface area (Å²) in [6, 6.07) is 5.56. The van der Waals surface area contributed by atoms with Gasteiger partial charge in [-0.25, -0.2) is 14.5 Å². The fourth-order valence-electron chi connectivity index (χ4n) is 4.30. The number of amides is 1. The van der Waals surface area contributed by atoms with Gasteiger partial charge in [0, 0.05) is 43.8 Å². The molecule has 1 saturated heterocycles. The number of fused-ring (bicyclic) bond motifs is 2. The van der Waals surface area contributed by atoms with E-state index >= 15 is 0 Å². The summed E-state index contributed by atoms with van der Waals surface area (Å²) in [7, 11) is 0. The van der Waals surface area contributed by atoms with Crippen molar-refractivity contribution in [2.24, 2.45) is 0 Å². The van der Waals surface area contributed by atoms with Crippen molar-refractivity contribution in [2.75, 3.05) is 31.1 Å². The summed E-state index contributed by atoms with van der Waals surface area (Å²) < 4.78 is 8.82. The summed E-state index contributed by atoms with van der Waals surface area (Å²) in [4.78, 5) is 33.8. The van der Waals surface area contributed by atoms with Crippen molar-refractivity contribution in [3.63, 3.8) is 0 Å². The van der Waals surface area contributed by atoms with Crippen LogP contribution in [0.15, 0.2) is 35.4 Å². The third-order valence-electron chi connectivity index (χ3n) is 5.98. The Morgan fingerprint density at radius 3 is 2.71 bits per heavy atom. The average Bonchev–Trinajstić information content (AvgIpc) is 2.97. The quantitative estimate of drug-likeness (QED) is 0.645. The van der Waals surface area contributed by atoms with E-state index in [1.54, 1.807) is 18.5 Å². The molecular weight excluding hydrogens is 396 g/mol. The van der Waals surface area contributed by atoms with Crippen LogP contribution in [-0.4, -0.2) is 56.2 Å². The maximum atomic E-state index is 13.0. The maximum Gasteiger partial charge on any atom is 0.350 e. The highest BCUT2D eigenvalue weighted by molar-refractivity contribution is 5.95. The molecule has 1 amide bonds. The van der Waals surface area contributed by atoms with E-state index in [0.29, 0.717) is 42.5 Å². The minimum atomic E-state index is -0.152. The van der Waals surface area contributed by atoms with E-state index in [1.807, 2.05) is 28.9 Å². The number of carbonyl (C=O) groups excluding carboxylic acids is 1. The van der Waals surface area contributed by atoms with Crippen LogP contribution in [0.1, 0.15) is 43.0 Å². The molecule has 2 aliphatic rings. The van der Waals surface area contributed by atoms with Crippen molar-refractivity contribution >= 4 is 23.1 Å². The van der Waals surface area contributed by atoms with Crippen molar-refractivity contribution in [3.8, 4) is 5.75 Å². The summed E-state index contributed by atoms with van der Waals surface area (Å²) >= 11 is 0. The predicted octanol–water partition coefficient (Wildman–Crippen LogP) is 2.46.